The van der Waals surface area contributed by atoms with Crippen molar-refractivity contribution in [1.82, 2.24) is 9.78 Å². The number of rotatable bonds is 3. The molecule has 0 radical (unpaired) electrons. The monoisotopic (exact) mass is 179 g/mol. The van der Waals surface area contributed by atoms with Gasteiger partial charge in [0.1, 0.15) is 5.69 Å². The fourth-order valence-corrected chi connectivity index (χ4v) is 1.16. The molecule has 1 aromatic rings. The van der Waals surface area contributed by atoms with E-state index < -0.39 is 0 Å². The zero-order valence-electron chi connectivity index (χ0n) is 7.73. The molecule has 1 saturated carbocycles. The number of aromatic nitrogens is 2. The van der Waals surface area contributed by atoms with Gasteiger partial charge < -0.3 is 4.84 Å². The summed E-state index contributed by atoms with van der Waals surface area (Å²) in [5, 5.41) is 8.18. The lowest BCUT2D eigenvalue weighted by atomic mass is 9.98. The summed E-state index contributed by atoms with van der Waals surface area (Å²) in [6, 6.07) is 1.93. The van der Waals surface area contributed by atoms with Gasteiger partial charge in [0.25, 0.3) is 0 Å². The first-order chi connectivity index (χ1) is 6.34. The van der Waals surface area contributed by atoms with Gasteiger partial charge in [-0.3, -0.25) is 4.68 Å². The Bertz CT molecular complexity index is 310. The molecule has 0 spiro atoms. The van der Waals surface area contributed by atoms with E-state index in [0.29, 0.717) is 6.61 Å². The fraction of sp³-hybridized carbons (Fsp3) is 0.556. The molecule has 0 atom stereocenters. The van der Waals surface area contributed by atoms with Crippen molar-refractivity contribution in [2.75, 3.05) is 0 Å². The molecule has 1 aromatic heterocycles. The minimum absolute atomic E-state index is 0.477. The van der Waals surface area contributed by atoms with Crippen LogP contribution in [0.5, 0.6) is 0 Å². The van der Waals surface area contributed by atoms with E-state index in [1.807, 2.05) is 19.3 Å². The lowest BCUT2D eigenvalue weighted by molar-refractivity contribution is 0.125. The van der Waals surface area contributed by atoms with Crippen LogP contribution in [-0.4, -0.2) is 15.5 Å². The quantitative estimate of drug-likeness (QED) is 0.659. The van der Waals surface area contributed by atoms with Crippen LogP contribution in [0.25, 0.3) is 0 Å². The first kappa shape index (κ1) is 8.29. The minimum atomic E-state index is 0.477. The second-order valence-electron chi connectivity index (χ2n) is 3.27. The van der Waals surface area contributed by atoms with Crippen LogP contribution >= 0.6 is 0 Å². The molecule has 0 aromatic carbocycles. The molecule has 0 saturated heterocycles. The molecule has 4 heteroatoms. The van der Waals surface area contributed by atoms with E-state index in [0.717, 1.165) is 18.5 Å². The minimum Gasteiger partial charge on any atom is -0.389 e. The van der Waals surface area contributed by atoms with Crippen molar-refractivity contribution in [2.24, 2.45) is 12.2 Å². The molecule has 1 aliphatic carbocycles. The molecule has 0 amide bonds. The molecule has 0 unspecified atom stereocenters. The number of aryl methyl sites for hydroxylation is 1. The number of nitrogens with zero attached hydrogens (tertiary/aromatic N) is 3. The molecule has 1 aliphatic rings. The van der Waals surface area contributed by atoms with Gasteiger partial charge in [-0.25, -0.2) is 0 Å². The Morgan fingerprint density at radius 1 is 1.62 bits per heavy atom. The van der Waals surface area contributed by atoms with Crippen molar-refractivity contribution in [3.05, 3.63) is 18.0 Å². The summed E-state index contributed by atoms with van der Waals surface area (Å²) in [6.45, 7) is 0.477. The molecular weight excluding hydrogens is 166 g/mol. The van der Waals surface area contributed by atoms with E-state index in [4.69, 9.17) is 4.84 Å². The number of oxime groups is 1. The average molecular weight is 179 g/mol. The van der Waals surface area contributed by atoms with Crippen LogP contribution in [0.3, 0.4) is 0 Å². The van der Waals surface area contributed by atoms with Gasteiger partial charge in [0.2, 0.25) is 0 Å². The van der Waals surface area contributed by atoms with Crippen molar-refractivity contribution in [3.8, 4) is 0 Å². The summed E-state index contributed by atoms with van der Waals surface area (Å²) in [5.74, 6) is 0. The smallest absolute Gasteiger partial charge is 0.160 e. The van der Waals surface area contributed by atoms with Crippen LogP contribution in [0.15, 0.2) is 17.4 Å². The Labute approximate surface area is 77.2 Å². The lowest BCUT2D eigenvalue weighted by Gasteiger charge is -2.12. The summed E-state index contributed by atoms with van der Waals surface area (Å²) in [5.41, 5.74) is 2.10. The molecule has 0 aliphatic heterocycles. The molecule has 0 bridgehead atoms. The zero-order valence-corrected chi connectivity index (χ0v) is 7.73. The third-order valence-corrected chi connectivity index (χ3v) is 2.11. The Morgan fingerprint density at radius 3 is 3.00 bits per heavy atom. The van der Waals surface area contributed by atoms with Crippen LogP contribution in [0.1, 0.15) is 25.0 Å². The van der Waals surface area contributed by atoms with Gasteiger partial charge in [-0.05, 0) is 25.3 Å². The van der Waals surface area contributed by atoms with Crippen molar-refractivity contribution in [2.45, 2.75) is 25.9 Å². The number of hydrogen-bond donors (Lipinski definition) is 0. The molecule has 70 valence electrons. The Balaban J connectivity index is 1.79. The molecule has 1 fully saturated rings. The molecule has 13 heavy (non-hydrogen) atoms. The van der Waals surface area contributed by atoms with Crippen molar-refractivity contribution in [1.29, 1.82) is 0 Å². The van der Waals surface area contributed by atoms with Crippen molar-refractivity contribution >= 4 is 5.71 Å². The largest absolute Gasteiger partial charge is 0.389 e. The SMILES string of the molecule is Cn1ccc(CON=C2CCC2)n1. The van der Waals surface area contributed by atoms with Crippen LogP contribution in [-0.2, 0) is 18.5 Å². The van der Waals surface area contributed by atoms with E-state index in [9.17, 15) is 0 Å². The summed E-state index contributed by atoms with van der Waals surface area (Å²) < 4.78 is 1.76. The molecule has 0 N–H and O–H groups in total. The first-order valence-corrected chi connectivity index (χ1v) is 4.51. The van der Waals surface area contributed by atoms with E-state index in [1.165, 1.54) is 12.1 Å². The zero-order chi connectivity index (χ0) is 9.10. The van der Waals surface area contributed by atoms with Crippen LogP contribution < -0.4 is 0 Å². The summed E-state index contributed by atoms with van der Waals surface area (Å²) >= 11 is 0. The highest BCUT2D eigenvalue weighted by Crippen LogP contribution is 2.14. The lowest BCUT2D eigenvalue weighted by Crippen LogP contribution is -2.10. The van der Waals surface area contributed by atoms with Crippen LogP contribution in [0.4, 0.5) is 0 Å². The van der Waals surface area contributed by atoms with Gasteiger partial charge in [0.15, 0.2) is 6.61 Å². The predicted molar refractivity (Wildman–Crippen MR) is 49.3 cm³/mol. The van der Waals surface area contributed by atoms with Gasteiger partial charge in [-0.15, -0.1) is 0 Å². The van der Waals surface area contributed by atoms with Gasteiger partial charge >= 0.3 is 0 Å². The fourth-order valence-electron chi connectivity index (χ4n) is 1.16. The average Bonchev–Trinajstić information content (AvgIpc) is 2.42. The summed E-state index contributed by atoms with van der Waals surface area (Å²) in [6.07, 6.45) is 5.35. The van der Waals surface area contributed by atoms with E-state index in [-0.39, 0.29) is 0 Å². The van der Waals surface area contributed by atoms with Gasteiger partial charge in [-0.1, -0.05) is 5.16 Å². The molecular formula is C9H13N3O. The summed E-state index contributed by atoms with van der Waals surface area (Å²) in [7, 11) is 1.89. The topological polar surface area (TPSA) is 39.4 Å². The first-order valence-electron chi connectivity index (χ1n) is 4.51. The number of hydrogen-bond acceptors (Lipinski definition) is 3. The highest BCUT2D eigenvalue weighted by atomic mass is 16.6. The van der Waals surface area contributed by atoms with Crippen molar-refractivity contribution in [3.63, 3.8) is 0 Å². The van der Waals surface area contributed by atoms with E-state index in [1.54, 1.807) is 4.68 Å². The predicted octanol–water partition coefficient (Wildman–Crippen LogP) is 1.48. The second kappa shape index (κ2) is 3.60. The standard InChI is InChI=1S/C9H13N3O/c1-12-6-5-9(10-12)7-13-11-8-3-2-4-8/h5-6H,2-4,7H2,1H3. The Morgan fingerprint density at radius 2 is 2.46 bits per heavy atom. The molecule has 2 rings (SSSR count). The van der Waals surface area contributed by atoms with Gasteiger partial charge in [0, 0.05) is 13.2 Å². The molecule has 4 nitrogen and oxygen atoms in total. The van der Waals surface area contributed by atoms with Crippen molar-refractivity contribution < 1.29 is 4.84 Å². The second-order valence-corrected chi connectivity index (χ2v) is 3.27. The Hall–Kier alpha value is -1.32. The van der Waals surface area contributed by atoms with Gasteiger partial charge in [-0.2, -0.15) is 5.10 Å². The van der Waals surface area contributed by atoms with Crippen LogP contribution in [0.2, 0.25) is 0 Å². The highest BCUT2D eigenvalue weighted by Gasteiger charge is 2.10. The maximum absolute atomic E-state index is 5.15. The molecule has 1 heterocycles. The van der Waals surface area contributed by atoms with E-state index in [2.05, 4.69) is 10.3 Å². The van der Waals surface area contributed by atoms with Gasteiger partial charge in [0.05, 0.1) is 5.71 Å². The Kier molecular flexibility index (Phi) is 2.29. The van der Waals surface area contributed by atoms with Crippen LogP contribution in [0, 0.1) is 0 Å². The normalized spacial score (nSPS) is 15.3. The summed E-state index contributed by atoms with van der Waals surface area (Å²) in [4.78, 5) is 5.15. The maximum Gasteiger partial charge on any atom is 0.160 e. The maximum atomic E-state index is 5.15. The van der Waals surface area contributed by atoms with E-state index >= 15 is 0 Å². The highest BCUT2D eigenvalue weighted by molar-refractivity contribution is 5.88. The third kappa shape index (κ3) is 2.08. The third-order valence-electron chi connectivity index (χ3n) is 2.11.